The van der Waals surface area contributed by atoms with Crippen LogP contribution < -0.4 is 5.32 Å². The van der Waals surface area contributed by atoms with Crippen LogP contribution in [0.25, 0.3) is 11.1 Å². The zero-order valence-corrected chi connectivity index (χ0v) is 9.33. The Hall–Kier alpha value is -1.81. The van der Waals surface area contributed by atoms with Gasteiger partial charge in [0.15, 0.2) is 5.58 Å². The van der Waals surface area contributed by atoms with Crippen LogP contribution in [0.3, 0.4) is 0 Å². The van der Waals surface area contributed by atoms with Crippen molar-refractivity contribution in [2.24, 2.45) is 0 Å². The van der Waals surface area contributed by atoms with Crippen LogP contribution in [0, 0.1) is 0 Å². The normalized spacial score (nSPS) is 10.8. The van der Waals surface area contributed by atoms with Crippen molar-refractivity contribution < 1.29 is 4.42 Å². The molecule has 4 heteroatoms. The van der Waals surface area contributed by atoms with Gasteiger partial charge in [-0.15, -0.1) is 0 Å². The first kappa shape index (κ1) is 9.42. The van der Waals surface area contributed by atoms with Gasteiger partial charge in [-0.3, -0.25) is 0 Å². The summed E-state index contributed by atoms with van der Waals surface area (Å²) < 4.78 is 5.55. The maximum Gasteiger partial charge on any atom is 0.295 e. The average molecular weight is 230 g/mol. The highest BCUT2D eigenvalue weighted by Gasteiger charge is 2.03. The lowest BCUT2D eigenvalue weighted by atomic mass is 10.3. The van der Waals surface area contributed by atoms with Gasteiger partial charge >= 0.3 is 0 Å². The van der Waals surface area contributed by atoms with E-state index in [9.17, 15) is 0 Å². The number of benzene rings is 1. The molecule has 0 aliphatic heterocycles. The van der Waals surface area contributed by atoms with Gasteiger partial charge in [-0.2, -0.15) is 16.3 Å². The number of thiophene rings is 1. The minimum atomic E-state index is 0.576. The van der Waals surface area contributed by atoms with Gasteiger partial charge in [0, 0.05) is 6.54 Å². The summed E-state index contributed by atoms with van der Waals surface area (Å²) >= 11 is 1.69. The van der Waals surface area contributed by atoms with Crippen molar-refractivity contribution in [3.05, 3.63) is 46.7 Å². The van der Waals surface area contributed by atoms with Gasteiger partial charge in [0.1, 0.15) is 5.52 Å². The van der Waals surface area contributed by atoms with E-state index in [1.54, 1.807) is 11.3 Å². The highest BCUT2D eigenvalue weighted by Crippen LogP contribution is 2.18. The molecule has 0 aliphatic carbocycles. The van der Waals surface area contributed by atoms with Gasteiger partial charge in [-0.05, 0) is 34.5 Å². The van der Waals surface area contributed by atoms with E-state index in [2.05, 4.69) is 27.1 Å². The molecule has 0 spiro atoms. The summed E-state index contributed by atoms with van der Waals surface area (Å²) in [6.45, 7) is 0.746. The topological polar surface area (TPSA) is 38.1 Å². The lowest BCUT2D eigenvalue weighted by Gasteiger charge is -1.97. The molecule has 0 fully saturated rings. The van der Waals surface area contributed by atoms with Gasteiger partial charge in [0.2, 0.25) is 0 Å². The molecule has 0 saturated heterocycles. The summed E-state index contributed by atoms with van der Waals surface area (Å²) in [5, 5.41) is 7.33. The molecule has 0 atom stereocenters. The van der Waals surface area contributed by atoms with Gasteiger partial charge in [-0.25, -0.2) is 0 Å². The number of nitrogens with zero attached hydrogens (tertiary/aromatic N) is 1. The van der Waals surface area contributed by atoms with Crippen LogP contribution in [0.5, 0.6) is 0 Å². The summed E-state index contributed by atoms with van der Waals surface area (Å²) in [7, 11) is 0. The van der Waals surface area contributed by atoms with Gasteiger partial charge in [-0.1, -0.05) is 12.1 Å². The van der Waals surface area contributed by atoms with Crippen molar-refractivity contribution in [1.82, 2.24) is 4.98 Å². The van der Waals surface area contributed by atoms with E-state index < -0.39 is 0 Å². The van der Waals surface area contributed by atoms with E-state index in [1.165, 1.54) is 5.56 Å². The standard InChI is InChI=1S/C12H10N2OS/c1-2-4-11-10(3-1)14-12(15-11)13-7-9-5-6-16-8-9/h1-6,8H,7H2,(H,13,14). The fourth-order valence-electron chi connectivity index (χ4n) is 1.52. The first-order valence-electron chi connectivity index (χ1n) is 5.02. The Balaban J connectivity index is 1.79. The van der Waals surface area contributed by atoms with E-state index in [-0.39, 0.29) is 0 Å². The van der Waals surface area contributed by atoms with Crippen molar-refractivity contribution in [3.63, 3.8) is 0 Å². The van der Waals surface area contributed by atoms with Gasteiger partial charge in [0.25, 0.3) is 6.01 Å². The predicted molar refractivity (Wildman–Crippen MR) is 65.7 cm³/mol. The summed E-state index contributed by atoms with van der Waals surface area (Å²) in [6, 6.07) is 10.4. The molecule has 16 heavy (non-hydrogen) atoms. The molecule has 3 rings (SSSR count). The second-order valence-corrected chi connectivity index (χ2v) is 4.25. The molecule has 2 heterocycles. The first-order valence-corrected chi connectivity index (χ1v) is 5.96. The Labute approximate surface area is 96.7 Å². The number of hydrogen-bond donors (Lipinski definition) is 1. The molecule has 2 aromatic heterocycles. The molecule has 3 nitrogen and oxygen atoms in total. The van der Waals surface area contributed by atoms with Crippen molar-refractivity contribution in [2.45, 2.75) is 6.54 Å². The average Bonchev–Trinajstić information content (AvgIpc) is 2.95. The van der Waals surface area contributed by atoms with Gasteiger partial charge in [0.05, 0.1) is 0 Å². The summed E-state index contributed by atoms with van der Waals surface area (Å²) in [4.78, 5) is 4.34. The quantitative estimate of drug-likeness (QED) is 0.748. The monoisotopic (exact) mass is 230 g/mol. The molecule has 0 aliphatic rings. The Kier molecular flexibility index (Phi) is 2.34. The predicted octanol–water partition coefficient (Wildman–Crippen LogP) is 3.50. The zero-order valence-electron chi connectivity index (χ0n) is 8.51. The van der Waals surface area contributed by atoms with E-state index in [0.29, 0.717) is 6.01 Å². The van der Waals surface area contributed by atoms with Gasteiger partial charge < -0.3 is 9.73 Å². The summed E-state index contributed by atoms with van der Waals surface area (Å²) in [6.07, 6.45) is 0. The molecule has 80 valence electrons. The third-order valence-corrected chi connectivity index (χ3v) is 3.05. The Bertz CT molecular complexity index is 553. The van der Waals surface area contributed by atoms with Crippen molar-refractivity contribution in [3.8, 4) is 0 Å². The van der Waals surface area contributed by atoms with E-state index in [1.807, 2.05) is 24.3 Å². The van der Waals surface area contributed by atoms with Crippen LogP contribution in [-0.2, 0) is 6.54 Å². The largest absolute Gasteiger partial charge is 0.424 e. The second kappa shape index (κ2) is 3.98. The fraction of sp³-hybridized carbons (Fsp3) is 0.0833. The molecule has 1 N–H and O–H groups in total. The molecule has 0 radical (unpaired) electrons. The molecule has 0 unspecified atom stereocenters. The first-order chi connectivity index (χ1) is 7.92. The van der Waals surface area contributed by atoms with Crippen molar-refractivity contribution in [2.75, 3.05) is 5.32 Å². The highest BCUT2D eigenvalue weighted by molar-refractivity contribution is 7.07. The van der Waals surface area contributed by atoms with Crippen molar-refractivity contribution in [1.29, 1.82) is 0 Å². The van der Waals surface area contributed by atoms with Crippen LogP contribution in [0.2, 0.25) is 0 Å². The fourth-order valence-corrected chi connectivity index (χ4v) is 2.19. The number of oxazole rings is 1. The lowest BCUT2D eigenvalue weighted by molar-refractivity contribution is 0.614. The summed E-state index contributed by atoms with van der Waals surface area (Å²) in [5.74, 6) is 0. The summed E-state index contributed by atoms with van der Waals surface area (Å²) in [5.41, 5.74) is 2.94. The van der Waals surface area contributed by atoms with E-state index >= 15 is 0 Å². The van der Waals surface area contributed by atoms with Crippen LogP contribution in [0.4, 0.5) is 6.01 Å². The Morgan fingerprint density at radius 3 is 3.00 bits per heavy atom. The van der Waals surface area contributed by atoms with E-state index in [4.69, 9.17) is 4.42 Å². The maximum absolute atomic E-state index is 5.55. The second-order valence-electron chi connectivity index (χ2n) is 3.47. The third-order valence-electron chi connectivity index (χ3n) is 2.32. The maximum atomic E-state index is 5.55. The molecule has 0 bridgehead atoms. The molecule has 0 amide bonds. The number of rotatable bonds is 3. The lowest BCUT2D eigenvalue weighted by Crippen LogP contribution is -1.97. The number of aromatic nitrogens is 1. The highest BCUT2D eigenvalue weighted by atomic mass is 32.1. The van der Waals surface area contributed by atoms with Crippen molar-refractivity contribution >= 4 is 28.5 Å². The van der Waals surface area contributed by atoms with Crippen LogP contribution in [0.15, 0.2) is 45.5 Å². The zero-order chi connectivity index (χ0) is 10.8. The number of fused-ring (bicyclic) bond motifs is 1. The van der Waals surface area contributed by atoms with Crippen LogP contribution in [-0.4, -0.2) is 4.98 Å². The third kappa shape index (κ3) is 1.79. The molecular weight excluding hydrogens is 220 g/mol. The number of anilines is 1. The minimum absolute atomic E-state index is 0.576. The molecule has 1 aromatic carbocycles. The number of nitrogens with one attached hydrogen (secondary N) is 1. The minimum Gasteiger partial charge on any atom is -0.424 e. The molecular formula is C12H10N2OS. The smallest absolute Gasteiger partial charge is 0.295 e. The number of hydrogen-bond acceptors (Lipinski definition) is 4. The van der Waals surface area contributed by atoms with Crippen LogP contribution in [0.1, 0.15) is 5.56 Å². The SMILES string of the molecule is c1ccc2oc(NCc3ccsc3)nc2c1. The molecule has 3 aromatic rings. The van der Waals surface area contributed by atoms with E-state index in [0.717, 1.165) is 17.6 Å². The number of para-hydroxylation sites is 2. The molecule has 0 saturated carbocycles. The Morgan fingerprint density at radius 1 is 1.25 bits per heavy atom. The Morgan fingerprint density at radius 2 is 2.19 bits per heavy atom. The van der Waals surface area contributed by atoms with Crippen LogP contribution >= 0.6 is 11.3 Å².